The van der Waals surface area contributed by atoms with Crippen molar-refractivity contribution in [2.24, 2.45) is 0 Å². The van der Waals surface area contributed by atoms with Gasteiger partial charge in [0, 0.05) is 41.4 Å². The van der Waals surface area contributed by atoms with Crippen LogP contribution in [0.5, 0.6) is 5.75 Å². The molecule has 1 aromatic carbocycles. The number of nitrogens with zero attached hydrogens (tertiary/aromatic N) is 1. The van der Waals surface area contributed by atoms with Crippen LogP contribution >= 0.6 is 15.9 Å². The van der Waals surface area contributed by atoms with Gasteiger partial charge in [0.2, 0.25) is 0 Å². The van der Waals surface area contributed by atoms with Gasteiger partial charge in [-0.05, 0) is 18.6 Å². The van der Waals surface area contributed by atoms with E-state index in [9.17, 15) is 0 Å². The Labute approximate surface area is 118 Å². The SMILES string of the molecule is COc1cc(Br)cc(N2CCC(NC(C)C)C2)c1. The van der Waals surface area contributed by atoms with E-state index in [-0.39, 0.29) is 0 Å². The Morgan fingerprint density at radius 1 is 1.39 bits per heavy atom. The summed E-state index contributed by atoms with van der Waals surface area (Å²) in [6.45, 7) is 6.57. The van der Waals surface area contributed by atoms with Crippen LogP contribution in [0.25, 0.3) is 0 Å². The second kappa shape index (κ2) is 5.93. The minimum Gasteiger partial charge on any atom is -0.497 e. The largest absolute Gasteiger partial charge is 0.497 e. The van der Waals surface area contributed by atoms with E-state index >= 15 is 0 Å². The molecule has 0 radical (unpaired) electrons. The Balaban J connectivity index is 2.06. The van der Waals surface area contributed by atoms with Gasteiger partial charge in [-0.1, -0.05) is 29.8 Å². The topological polar surface area (TPSA) is 24.5 Å². The van der Waals surface area contributed by atoms with Crippen molar-refractivity contribution < 1.29 is 4.74 Å². The lowest BCUT2D eigenvalue weighted by Gasteiger charge is -2.21. The van der Waals surface area contributed by atoms with Crippen molar-refractivity contribution in [2.45, 2.75) is 32.4 Å². The Morgan fingerprint density at radius 3 is 2.83 bits per heavy atom. The molecule has 1 fully saturated rings. The molecule has 1 aliphatic heterocycles. The van der Waals surface area contributed by atoms with Crippen LogP contribution in [-0.4, -0.2) is 32.3 Å². The van der Waals surface area contributed by atoms with Gasteiger partial charge in [-0.3, -0.25) is 0 Å². The number of anilines is 1. The maximum Gasteiger partial charge on any atom is 0.122 e. The van der Waals surface area contributed by atoms with Crippen molar-refractivity contribution in [3.63, 3.8) is 0 Å². The molecule has 0 spiro atoms. The molecule has 0 amide bonds. The lowest BCUT2D eigenvalue weighted by molar-refractivity contribution is 0.414. The van der Waals surface area contributed by atoms with Gasteiger partial charge in [0.05, 0.1) is 7.11 Å². The van der Waals surface area contributed by atoms with Crippen molar-refractivity contribution in [3.8, 4) is 5.75 Å². The van der Waals surface area contributed by atoms with E-state index in [1.54, 1.807) is 7.11 Å². The number of hydrogen-bond donors (Lipinski definition) is 1. The van der Waals surface area contributed by atoms with Crippen LogP contribution < -0.4 is 15.0 Å². The third-order valence-corrected chi connectivity index (χ3v) is 3.67. The summed E-state index contributed by atoms with van der Waals surface area (Å²) in [4.78, 5) is 2.41. The maximum atomic E-state index is 5.31. The minimum absolute atomic E-state index is 0.548. The minimum atomic E-state index is 0.548. The lowest BCUT2D eigenvalue weighted by Crippen LogP contribution is -2.37. The molecule has 1 unspecified atom stereocenters. The van der Waals surface area contributed by atoms with Crippen LogP contribution in [0.2, 0.25) is 0 Å². The third kappa shape index (κ3) is 3.39. The van der Waals surface area contributed by atoms with Gasteiger partial charge in [-0.15, -0.1) is 0 Å². The average Bonchev–Trinajstić information content (AvgIpc) is 2.75. The van der Waals surface area contributed by atoms with Crippen LogP contribution in [0.15, 0.2) is 22.7 Å². The molecular weight excluding hydrogens is 292 g/mol. The second-order valence-corrected chi connectivity index (χ2v) is 6.02. The molecule has 0 bridgehead atoms. The summed E-state index contributed by atoms with van der Waals surface area (Å²) in [5, 5.41) is 3.60. The first kappa shape index (κ1) is 13.7. The predicted octanol–water partition coefficient (Wildman–Crippen LogP) is 3.03. The van der Waals surface area contributed by atoms with Crippen molar-refractivity contribution in [2.75, 3.05) is 25.1 Å². The Morgan fingerprint density at radius 2 is 2.17 bits per heavy atom. The molecule has 4 heteroatoms. The normalized spacial score (nSPS) is 19.6. The van der Waals surface area contributed by atoms with E-state index in [2.05, 4.69) is 52.1 Å². The highest BCUT2D eigenvalue weighted by atomic mass is 79.9. The summed E-state index contributed by atoms with van der Waals surface area (Å²) in [5.41, 5.74) is 1.23. The monoisotopic (exact) mass is 312 g/mol. The Kier molecular flexibility index (Phi) is 4.51. The van der Waals surface area contributed by atoms with Gasteiger partial charge in [0.1, 0.15) is 5.75 Å². The van der Waals surface area contributed by atoms with Crippen molar-refractivity contribution in [1.29, 1.82) is 0 Å². The molecule has 0 aliphatic carbocycles. The number of hydrogen-bond acceptors (Lipinski definition) is 3. The highest BCUT2D eigenvalue weighted by Crippen LogP contribution is 2.29. The molecule has 18 heavy (non-hydrogen) atoms. The van der Waals surface area contributed by atoms with Gasteiger partial charge >= 0.3 is 0 Å². The first-order chi connectivity index (χ1) is 8.58. The van der Waals surface area contributed by atoms with E-state index in [1.165, 1.54) is 12.1 Å². The fourth-order valence-corrected chi connectivity index (χ4v) is 2.91. The fraction of sp³-hybridized carbons (Fsp3) is 0.571. The van der Waals surface area contributed by atoms with Gasteiger partial charge < -0.3 is 15.0 Å². The molecule has 1 atom stereocenters. The standard InChI is InChI=1S/C14H21BrN2O/c1-10(2)16-12-4-5-17(9-12)13-6-11(15)7-14(8-13)18-3/h6-8,10,12,16H,4-5,9H2,1-3H3. The molecular formula is C14H21BrN2O. The number of nitrogens with one attached hydrogen (secondary N) is 1. The van der Waals surface area contributed by atoms with E-state index < -0.39 is 0 Å². The lowest BCUT2D eigenvalue weighted by atomic mass is 10.2. The average molecular weight is 313 g/mol. The summed E-state index contributed by atoms with van der Waals surface area (Å²) < 4.78 is 6.38. The zero-order valence-electron chi connectivity index (χ0n) is 11.2. The number of benzene rings is 1. The van der Waals surface area contributed by atoms with Crippen molar-refractivity contribution in [1.82, 2.24) is 5.32 Å². The quantitative estimate of drug-likeness (QED) is 0.925. The van der Waals surface area contributed by atoms with Crippen LogP contribution in [0.3, 0.4) is 0 Å². The molecule has 1 saturated heterocycles. The summed E-state index contributed by atoms with van der Waals surface area (Å²) >= 11 is 3.53. The molecule has 1 aromatic rings. The van der Waals surface area contributed by atoms with Gasteiger partial charge in [0.25, 0.3) is 0 Å². The smallest absolute Gasteiger partial charge is 0.122 e. The van der Waals surface area contributed by atoms with E-state index in [1.807, 2.05) is 6.07 Å². The summed E-state index contributed by atoms with van der Waals surface area (Å²) in [7, 11) is 1.71. The summed E-state index contributed by atoms with van der Waals surface area (Å²) in [5.74, 6) is 0.902. The van der Waals surface area contributed by atoms with Crippen LogP contribution in [0.1, 0.15) is 20.3 Å². The molecule has 3 nitrogen and oxygen atoms in total. The Bertz CT molecular complexity index is 409. The molecule has 1 heterocycles. The fourth-order valence-electron chi connectivity index (χ4n) is 2.45. The first-order valence-corrected chi connectivity index (χ1v) is 7.23. The van der Waals surface area contributed by atoms with E-state index in [4.69, 9.17) is 4.74 Å². The molecule has 100 valence electrons. The molecule has 1 aliphatic rings. The Hall–Kier alpha value is -0.740. The van der Waals surface area contributed by atoms with Gasteiger partial charge in [-0.2, -0.15) is 0 Å². The van der Waals surface area contributed by atoms with Gasteiger partial charge in [-0.25, -0.2) is 0 Å². The third-order valence-electron chi connectivity index (χ3n) is 3.21. The number of ether oxygens (including phenoxy) is 1. The van der Waals surface area contributed by atoms with Crippen molar-refractivity contribution in [3.05, 3.63) is 22.7 Å². The van der Waals surface area contributed by atoms with Crippen LogP contribution in [-0.2, 0) is 0 Å². The molecule has 2 rings (SSSR count). The van der Waals surface area contributed by atoms with Gasteiger partial charge in [0.15, 0.2) is 0 Å². The summed E-state index contributed by atoms with van der Waals surface area (Å²) in [6, 6.07) is 7.38. The van der Waals surface area contributed by atoms with Crippen molar-refractivity contribution >= 4 is 21.6 Å². The maximum absolute atomic E-state index is 5.31. The highest BCUT2D eigenvalue weighted by molar-refractivity contribution is 9.10. The van der Waals surface area contributed by atoms with E-state index in [0.29, 0.717) is 12.1 Å². The molecule has 1 N–H and O–H groups in total. The van der Waals surface area contributed by atoms with E-state index in [0.717, 1.165) is 23.3 Å². The number of methoxy groups -OCH3 is 1. The highest BCUT2D eigenvalue weighted by Gasteiger charge is 2.23. The molecule has 0 saturated carbocycles. The zero-order valence-corrected chi connectivity index (χ0v) is 12.8. The van der Waals surface area contributed by atoms with Crippen LogP contribution in [0, 0.1) is 0 Å². The molecule has 0 aromatic heterocycles. The summed E-state index contributed by atoms with van der Waals surface area (Å²) in [6.07, 6.45) is 1.20. The predicted molar refractivity (Wildman–Crippen MR) is 79.6 cm³/mol. The first-order valence-electron chi connectivity index (χ1n) is 6.44. The zero-order chi connectivity index (χ0) is 13.1. The van der Waals surface area contributed by atoms with Crippen LogP contribution in [0.4, 0.5) is 5.69 Å². The number of halogens is 1. The number of rotatable bonds is 4. The second-order valence-electron chi connectivity index (χ2n) is 5.10.